The van der Waals surface area contributed by atoms with Crippen LogP contribution < -0.4 is 5.32 Å². The first-order valence-electron chi connectivity index (χ1n) is 9.04. The monoisotopic (exact) mass is 376 g/mol. The number of carbonyl (C=O) groups excluding carboxylic acids is 2. The summed E-state index contributed by atoms with van der Waals surface area (Å²) in [6, 6.07) is 8.89. The van der Waals surface area contributed by atoms with Gasteiger partial charge in [-0.15, -0.1) is 0 Å². The lowest BCUT2D eigenvalue weighted by molar-refractivity contribution is -0.116. The van der Waals surface area contributed by atoms with Crippen molar-refractivity contribution in [3.05, 3.63) is 64.3 Å². The third-order valence-corrected chi connectivity index (χ3v) is 4.73. The van der Waals surface area contributed by atoms with Gasteiger partial charge >= 0.3 is 6.09 Å². The summed E-state index contributed by atoms with van der Waals surface area (Å²) in [6.45, 7) is 13.5. The van der Waals surface area contributed by atoms with Crippen molar-refractivity contribution in [2.24, 2.45) is 0 Å². The van der Waals surface area contributed by atoms with Gasteiger partial charge < -0.3 is 10.1 Å². The number of hydrogen-bond acceptors (Lipinski definition) is 4. The molecule has 2 aliphatic rings. The second-order valence-corrected chi connectivity index (χ2v) is 7.98. The molecule has 28 heavy (non-hydrogen) atoms. The molecule has 0 saturated carbocycles. The minimum Gasteiger partial charge on any atom is -0.444 e. The topological polar surface area (TPSA) is 75.9 Å². The van der Waals surface area contributed by atoms with Gasteiger partial charge in [-0.2, -0.15) is 0 Å². The van der Waals surface area contributed by atoms with Crippen molar-refractivity contribution in [1.29, 1.82) is 0 Å². The number of hydrogen-bond donors (Lipinski definition) is 1. The number of nitrogens with one attached hydrogen (secondary N) is 1. The van der Waals surface area contributed by atoms with Gasteiger partial charge in [-0.1, -0.05) is 18.2 Å². The Labute approximate surface area is 163 Å². The molecule has 0 aliphatic carbocycles. The molecule has 7 heteroatoms. The average Bonchev–Trinajstić information content (AvgIpc) is 3.19. The molecule has 0 spiro atoms. The molecular formula is C21H20N4O3. The molecule has 0 bridgehead atoms. The van der Waals surface area contributed by atoms with Crippen molar-refractivity contribution in [2.45, 2.75) is 45.4 Å². The van der Waals surface area contributed by atoms with Gasteiger partial charge in [0.25, 0.3) is 0 Å². The highest BCUT2D eigenvalue weighted by Crippen LogP contribution is 2.39. The number of ether oxygens (including phenoxy) is 1. The zero-order chi connectivity index (χ0) is 20.1. The normalized spacial score (nSPS) is 17.6. The molecule has 3 heterocycles. The Morgan fingerprint density at radius 1 is 1.29 bits per heavy atom. The predicted molar refractivity (Wildman–Crippen MR) is 103 cm³/mol. The van der Waals surface area contributed by atoms with Gasteiger partial charge in [0.15, 0.2) is 5.69 Å². The summed E-state index contributed by atoms with van der Waals surface area (Å²) in [4.78, 5) is 34.6. The first kappa shape index (κ1) is 18.0. The lowest BCUT2D eigenvalue weighted by atomic mass is 9.95. The van der Waals surface area contributed by atoms with E-state index in [2.05, 4.69) is 15.1 Å². The van der Waals surface area contributed by atoms with Crippen LogP contribution in [0.1, 0.15) is 49.2 Å². The second kappa shape index (κ2) is 6.34. The fourth-order valence-electron chi connectivity index (χ4n) is 3.50. The molecular weight excluding hydrogens is 356 g/mol. The molecule has 4 rings (SSSR count). The number of amides is 2. The summed E-state index contributed by atoms with van der Waals surface area (Å²) in [6.07, 6.45) is -0.377. The smallest absolute Gasteiger partial charge is 0.410 e. The van der Waals surface area contributed by atoms with Crippen LogP contribution in [0.5, 0.6) is 0 Å². The lowest BCUT2D eigenvalue weighted by Gasteiger charge is -2.23. The van der Waals surface area contributed by atoms with Crippen molar-refractivity contribution < 1.29 is 14.3 Å². The highest BCUT2D eigenvalue weighted by Gasteiger charge is 2.35. The second-order valence-electron chi connectivity index (χ2n) is 7.98. The number of fused-ring (bicyclic) bond motifs is 2. The van der Waals surface area contributed by atoms with Crippen molar-refractivity contribution in [1.82, 2.24) is 9.88 Å². The molecule has 142 valence electrons. The first-order chi connectivity index (χ1) is 13.2. The Morgan fingerprint density at radius 2 is 2.07 bits per heavy atom. The van der Waals surface area contributed by atoms with Gasteiger partial charge in [-0.25, -0.2) is 9.64 Å². The van der Waals surface area contributed by atoms with Crippen LogP contribution in [0.3, 0.4) is 0 Å². The van der Waals surface area contributed by atoms with Crippen LogP contribution in [-0.4, -0.2) is 27.5 Å². The Balaban J connectivity index is 1.61. The van der Waals surface area contributed by atoms with Crippen molar-refractivity contribution >= 4 is 23.4 Å². The summed E-state index contributed by atoms with van der Waals surface area (Å²) in [5.41, 5.74) is 3.72. The summed E-state index contributed by atoms with van der Waals surface area (Å²) in [5.74, 6) is -0.718. The molecule has 1 aromatic carbocycles. The zero-order valence-corrected chi connectivity index (χ0v) is 15.9. The number of anilines is 1. The fraction of sp³-hybridized carbons (Fsp3) is 0.333. The van der Waals surface area contributed by atoms with E-state index >= 15 is 0 Å². The SMILES string of the molecule is [C-]#[N+]c1ccc2c(c1)C(c1ccc3c(n1)CN(C(=O)OC(C)(C)C)C3)C(=O)N2. The number of nitrogens with zero attached hydrogens (tertiary/aromatic N) is 3. The van der Waals surface area contributed by atoms with E-state index in [4.69, 9.17) is 11.3 Å². The van der Waals surface area contributed by atoms with E-state index in [0.29, 0.717) is 30.2 Å². The highest BCUT2D eigenvalue weighted by atomic mass is 16.6. The standard InChI is InChI=1S/C21H20N4O3/c1-21(2,3)28-20(27)25-10-12-5-7-16(23-17(12)11-25)18-14-9-13(22-4)6-8-15(14)24-19(18)26/h5-9,18H,10-11H2,1-3H3,(H,24,26). The van der Waals surface area contributed by atoms with E-state index in [-0.39, 0.29) is 12.0 Å². The minimum atomic E-state index is -0.559. The number of benzene rings is 1. The molecule has 0 saturated heterocycles. The lowest BCUT2D eigenvalue weighted by Crippen LogP contribution is -2.33. The first-order valence-corrected chi connectivity index (χ1v) is 9.04. The van der Waals surface area contributed by atoms with Crippen LogP contribution in [0.2, 0.25) is 0 Å². The van der Waals surface area contributed by atoms with E-state index in [1.54, 1.807) is 23.1 Å². The number of carbonyl (C=O) groups is 2. The maximum atomic E-state index is 12.5. The van der Waals surface area contributed by atoms with Crippen LogP contribution in [0.4, 0.5) is 16.2 Å². The molecule has 1 atom stereocenters. The molecule has 1 N–H and O–H groups in total. The van der Waals surface area contributed by atoms with Gasteiger partial charge in [0.2, 0.25) is 5.91 Å². The Bertz CT molecular complexity index is 1030. The molecule has 1 unspecified atom stereocenters. The van der Waals surface area contributed by atoms with E-state index in [0.717, 1.165) is 16.8 Å². The van der Waals surface area contributed by atoms with Crippen LogP contribution in [0, 0.1) is 6.57 Å². The average molecular weight is 376 g/mol. The molecule has 2 aliphatic heterocycles. The molecule has 0 radical (unpaired) electrons. The van der Waals surface area contributed by atoms with Crippen LogP contribution >= 0.6 is 0 Å². The van der Waals surface area contributed by atoms with Gasteiger partial charge in [-0.05, 0) is 44.0 Å². The number of rotatable bonds is 1. The summed E-state index contributed by atoms with van der Waals surface area (Å²) in [5, 5.41) is 2.85. The third kappa shape index (κ3) is 3.18. The third-order valence-electron chi connectivity index (χ3n) is 4.73. The number of pyridine rings is 1. The maximum absolute atomic E-state index is 12.5. The van der Waals surface area contributed by atoms with Gasteiger partial charge in [0, 0.05) is 5.69 Å². The predicted octanol–water partition coefficient (Wildman–Crippen LogP) is 3.97. The van der Waals surface area contributed by atoms with Gasteiger partial charge in [-0.3, -0.25) is 14.7 Å². The van der Waals surface area contributed by atoms with E-state index in [9.17, 15) is 9.59 Å². The summed E-state index contributed by atoms with van der Waals surface area (Å²) < 4.78 is 5.44. The Hall–Kier alpha value is -3.40. The fourth-order valence-corrected chi connectivity index (χ4v) is 3.50. The summed E-state index contributed by atoms with van der Waals surface area (Å²) in [7, 11) is 0. The maximum Gasteiger partial charge on any atom is 0.410 e. The van der Waals surface area contributed by atoms with Crippen LogP contribution in [-0.2, 0) is 22.6 Å². The quantitative estimate of drug-likeness (QED) is 0.764. The Morgan fingerprint density at radius 3 is 2.79 bits per heavy atom. The molecule has 7 nitrogen and oxygen atoms in total. The van der Waals surface area contributed by atoms with Crippen LogP contribution in [0.25, 0.3) is 4.85 Å². The molecule has 2 aromatic rings. The Kier molecular flexibility index (Phi) is 4.07. The molecule has 0 fully saturated rings. The number of aromatic nitrogens is 1. The van der Waals surface area contributed by atoms with E-state index in [1.165, 1.54) is 0 Å². The zero-order valence-electron chi connectivity index (χ0n) is 15.9. The molecule has 1 aromatic heterocycles. The minimum absolute atomic E-state index is 0.161. The van der Waals surface area contributed by atoms with Crippen LogP contribution in [0.15, 0.2) is 30.3 Å². The largest absolute Gasteiger partial charge is 0.444 e. The van der Waals surface area contributed by atoms with Gasteiger partial charge in [0.05, 0.1) is 31.0 Å². The van der Waals surface area contributed by atoms with Gasteiger partial charge in [0.1, 0.15) is 11.5 Å². The van der Waals surface area contributed by atoms with Crippen molar-refractivity contribution in [2.75, 3.05) is 5.32 Å². The highest BCUT2D eigenvalue weighted by molar-refractivity contribution is 6.05. The summed E-state index contributed by atoms with van der Waals surface area (Å²) >= 11 is 0. The van der Waals surface area contributed by atoms with E-state index < -0.39 is 11.5 Å². The van der Waals surface area contributed by atoms with Crippen molar-refractivity contribution in [3.63, 3.8) is 0 Å². The van der Waals surface area contributed by atoms with Crippen molar-refractivity contribution in [3.8, 4) is 0 Å². The van der Waals surface area contributed by atoms with E-state index in [1.807, 2.05) is 32.9 Å². The molecule has 2 amide bonds.